The molecule has 1 aromatic heterocycles. The molecule has 18 heavy (non-hydrogen) atoms. The number of hydrogen-bond donors (Lipinski definition) is 1. The van der Waals surface area contributed by atoms with Gasteiger partial charge < -0.3 is 5.32 Å². The summed E-state index contributed by atoms with van der Waals surface area (Å²) in [5.41, 5.74) is 5.77. The van der Waals surface area contributed by atoms with Crippen LogP contribution in [0.15, 0.2) is 35.2 Å². The van der Waals surface area contributed by atoms with E-state index in [1.165, 1.54) is 16.8 Å². The highest BCUT2D eigenvalue weighted by Gasteiger charge is 2.08. The van der Waals surface area contributed by atoms with Crippen LogP contribution in [0, 0.1) is 6.92 Å². The monoisotopic (exact) mass is 260 g/mol. The minimum absolute atomic E-state index is 0.448. The van der Waals surface area contributed by atoms with Gasteiger partial charge in [0.2, 0.25) is 0 Å². The van der Waals surface area contributed by atoms with E-state index in [4.69, 9.17) is 0 Å². The highest BCUT2D eigenvalue weighted by Crippen LogP contribution is 2.17. The molecule has 0 aliphatic heterocycles. The van der Waals surface area contributed by atoms with Gasteiger partial charge in [-0.2, -0.15) is 0 Å². The van der Waals surface area contributed by atoms with Crippen molar-refractivity contribution in [2.24, 2.45) is 0 Å². The first-order valence-corrected chi connectivity index (χ1v) is 7.41. The van der Waals surface area contributed by atoms with Crippen LogP contribution in [0.5, 0.6) is 0 Å². The largest absolute Gasteiger partial charge is 0.310 e. The molecular formula is C15H20N2S. The Labute approximate surface area is 113 Å². The average Bonchev–Trinajstić information content (AvgIpc) is 2.89. The Morgan fingerprint density at radius 1 is 1.28 bits per heavy atom. The minimum Gasteiger partial charge on any atom is -0.310 e. The summed E-state index contributed by atoms with van der Waals surface area (Å²) in [7, 11) is 0. The van der Waals surface area contributed by atoms with Crippen LogP contribution < -0.4 is 5.32 Å². The number of benzene rings is 1. The Morgan fingerprint density at radius 3 is 2.67 bits per heavy atom. The second kappa shape index (κ2) is 6.66. The van der Waals surface area contributed by atoms with E-state index >= 15 is 0 Å². The van der Waals surface area contributed by atoms with Crippen LogP contribution in [-0.2, 0) is 6.42 Å². The van der Waals surface area contributed by atoms with Gasteiger partial charge in [-0.1, -0.05) is 36.8 Å². The molecule has 2 aromatic rings. The SMILES string of the molecule is CCC(NCCc1cscn1)c1ccc(C)cc1. The Kier molecular flexibility index (Phi) is 4.90. The molecular weight excluding hydrogens is 240 g/mol. The van der Waals surface area contributed by atoms with Gasteiger partial charge in [-0.15, -0.1) is 11.3 Å². The summed E-state index contributed by atoms with van der Waals surface area (Å²) in [6, 6.07) is 9.25. The molecule has 0 aliphatic rings. The van der Waals surface area contributed by atoms with E-state index in [0.29, 0.717) is 6.04 Å². The maximum absolute atomic E-state index is 4.30. The topological polar surface area (TPSA) is 24.9 Å². The number of aromatic nitrogens is 1. The average molecular weight is 260 g/mol. The molecule has 1 atom stereocenters. The predicted octanol–water partition coefficient (Wildman–Crippen LogP) is 3.73. The summed E-state index contributed by atoms with van der Waals surface area (Å²) < 4.78 is 0. The van der Waals surface area contributed by atoms with E-state index < -0.39 is 0 Å². The van der Waals surface area contributed by atoms with E-state index in [2.05, 4.69) is 53.8 Å². The van der Waals surface area contributed by atoms with Crippen LogP contribution in [-0.4, -0.2) is 11.5 Å². The van der Waals surface area contributed by atoms with Gasteiger partial charge in [0, 0.05) is 24.4 Å². The van der Waals surface area contributed by atoms with Crippen molar-refractivity contribution in [1.29, 1.82) is 0 Å². The molecule has 0 saturated carbocycles. The molecule has 1 unspecified atom stereocenters. The van der Waals surface area contributed by atoms with Crippen molar-refractivity contribution in [3.63, 3.8) is 0 Å². The van der Waals surface area contributed by atoms with Crippen molar-refractivity contribution < 1.29 is 0 Å². The third-order valence-corrected chi connectivity index (χ3v) is 3.78. The van der Waals surface area contributed by atoms with E-state index in [9.17, 15) is 0 Å². The summed E-state index contributed by atoms with van der Waals surface area (Å²) in [6.07, 6.45) is 2.12. The summed E-state index contributed by atoms with van der Waals surface area (Å²) in [6.45, 7) is 5.33. The lowest BCUT2D eigenvalue weighted by Crippen LogP contribution is -2.23. The van der Waals surface area contributed by atoms with Gasteiger partial charge in [-0.05, 0) is 18.9 Å². The van der Waals surface area contributed by atoms with Gasteiger partial charge in [0.15, 0.2) is 0 Å². The molecule has 0 radical (unpaired) electrons. The molecule has 2 nitrogen and oxygen atoms in total. The molecule has 96 valence electrons. The molecule has 1 N–H and O–H groups in total. The lowest BCUT2D eigenvalue weighted by Gasteiger charge is -2.17. The second-order valence-electron chi connectivity index (χ2n) is 4.56. The lowest BCUT2D eigenvalue weighted by molar-refractivity contribution is 0.521. The number of hydrogen-bond acceptors (Lipinski definition) is 3. The Morgan fingerprint density at radius 2 is 2.06 bits per heavy atom. The molecule has 0 aliphatic carbocycles. The zero-order chi connectivity index (χ0) is 12.8. The first-order valence-electron chi connectivity index (χ1n) is 6.46. The zero-order valence-corrected chi connectivity index (χ0v) is 11.8. The van der Waals surface area contributed by atoms with Gasteiger partial charge in [0.05, 0.1) is 11.2 Å². The molecule has 0 bridgehead atoms. The predicted molar refractivity (Wildman–Crippen MR) is 78.0 cm³/mol. The highest BCUT2D eigenvalue weighted by molar-refractivity contribution is 7.07. The van der Waals surface area contributed by atoms with E-state index in [1.807, 2.05) is 5.51 Å². The van der Waals surface area contributed by atoms with Crippen molar-refractivity contribution >= 4 is 11.3 Å². The van der Waals surface area contributed by atoms with Crippen LogP contribution in [0.4, 0.5) is 0 Å². The van der Waals surface area contributed by atoms with Gasteiger partial charge in [0.25, 0.3) is 0 Å². The number of nitrogens with zero attached hydrogens (tertiary/aromatic N) is 1. The number of nitrogens with one attached hydrogen (secondary N) is 1. The van der Waals surface area contributed by atoms with Crippen molar-refractivity contribution in [2.75, 3.05) is 6.54 Å². The first kappa shape index (κ1) is 13.2. The molecule has 0 amide bonds. The van der Waals surface area contributed by atoms with Crippen LogP contribution >= 0.6 is 11.3 Å². The molecule has 1 aromatic carbocycles. The number of aryl methyl sites for hydroxylation is 1. The maximum Gasteiger partial charge on any atom is 0.0794 e. The van der Waals surface area contributed by atoms with Crippen LogP contribution in [0.2, 0.25) is 0 Å². The summed E-state index contributed by atoms with van der Waals surface area (Å²) in [5, 5.41) is 5.73. The van der Waals surface area contributed by atoms with E-state index in [0.717, 1.165) is 19.4 Å². The van der Waals surface area contributed by atoms with Crippen LogP contribution in [0.1, 0.15) is 36.2 Å². The highest BCUT2D eigenvalue weighted by atomic mass is 32.1. The fourth-order valence-corrected chi connectivity index (χ4v) is 2.63. The first-order chi connectivity index (χ1) is 8.79. The lowest BCUT2D eigenvalue weighted by atomic mass is 10.0. The minimum atomic E-state index is 0.448. The Bertz CT molecular complexity index is 448. The van der Waals surface area contributed by atoms with E-state index in [-0.39, 0.29) is 0 Å². The Hall–Kier alpha value is -1.19. The van der Waals surface area contributed by atoms with Gasteiger partial charge in [0.1, 0.15) is 0 Å². The molecule has 3 heteroatoms. The molecule has 0 fully saturated rings. The second-order valence-corrected chi connectivity index (χ2v) is 5.27. The third kappa shape index (κ3) is 3.65. The van der Waals surface area contributed by atoms with Crippen molar-refractivity contribution in [3.05, 3.63) is 52.0 Å². The van der Waals surface area contributed by atoms with Crippen molar-refractivity contribution in [2.45, 2.75) is 32.7 Å². The maximum atomic E-state index is 4.30. The molecule has 0 spiro atoms. The van der Waals surface area contributed by atoms with Gasteiger partial charge in [-0.3, -0.25) is 0 Å². The Balaban J connectivity index is 1.87. The fourth-order valence-electron chi connectivity index (χ4n) is 2.03. The fraction of sp³-hybridized carbons (Fsp3) is 0.400. The third-order valence-electron chi connectivity index (χ3n) is 3.14. The molecule has 2 rings (SSSR count). The number of rotatable bonds is 6. The standard InChI is InChI=1S/C15H20N2S/c1-3-15(13-6-4-12(2)5-7-13)16-9-8-14-10-18-11-17-14/h4-7,10-11,15-16H,3,8-9H2,1-2H3. The number of thiazole rings is 1. The smallest absolute Gasteiger partial charge is 0.0794 e. The van der Waals surface area contributed by atoms with Crippen molar-refractivity contribution in [3.8, 4) is 0 Å². The van der Waals surface area contributed by atoms with Crippen molar-refractivity contribution in [1.82, 2.24) is 10.3 Å². The summed E-state index contributed by atoms with van der Waals surface area (Å²) in [5.74, 6) is 0. The normalized spacial score (nSPS) is 12.6. The zero-order valence-electron chi connectivity index (χ0n) is 11.0. The summed E-state index contributed by atoms with van der Waals surface area (Å²) in [4.78, 5) is 4.30. The van der Waals surface area contributed by atoms with Gasteiger partial charge in [-0.25, -0.2) is 4.98 Å². The van der Waals surface area contributed by atoms with E-state index in [1.54, 1.807) is 11.3 Å². The van der Waals surface area contributed by atoms with Crippen LogP contribution in [0.3, 0.4) is 0 Å². The molecule has 0 saturated heterocycles. The van der Waals surface area contributed by atoms with Crippen LogP contribution in [0.25, 0.3) is 0 Å². The van der Waals surface area contributed by atoms with Gasteiger partial charge >= 0.3 is 0 Å². The quantitative estimate of drug-likeness (QED) is 0.856. The molecule has 1 heterocycles. The summed E-state index contributed by atoms with van der Waals surface area (Å²) >= 11 is 1.66.